The molecule has 3 aliphatic carbocycles. The molecule has 1 atom stereocenters. The molecule has 4 aliphatic rings. The largest absolute Gasteiger partial charge is 0.300 e. The molecule has 0 radical (unpaired) electrons. The summed E-state index contributed by atoms with van der Waals surface area (Å²) >= 11 is 3.49. The fraction of sp³-hybridized carbons (Fsp3) is 0.567. The van der Waals surface area contributed by atoms with Crippen molar-refractivity contribution in [2.75, 3.05) is 13.1 Å². The topological polar surface area (TPSA) is 20.3 Å². The highest BCUT2D eigenvalue weighted by molar-refractivity contribution is 9.10. The molecule has 0 N–H and O–H groups in total. The molecule has 2 aromatic rings. The Morgan fingerprint density at radius 3 is 2.03 bits per heavy atom. The lowest BCUT2D eigenvalue weighted by molar-refractivity contribution is 0.0612. The van der Waals surface area contributed by atoms with Crippen LogP contribution in [0.15, 0.2) is 40.9 Å². The first-order chi connectivity index (χ1) is 16.2. The number of aryl methyl sites for hydroxylation is 4. The second kappa shape index (κ2) is 10.9. The maximum Gasteiger partial charge on any atom is 0.167 e. The van der Waals surface area contributed by atoms with Crippen LogP contribution < -0.4 is 0 Å². The van der Waals surface area contributed by atoms with Gasteiger partial charge in [-0.15, -0.1) is 0 Å². The molecule has 33 heavy (non-hydrogen) atoms. The fourth-order valence-corrected chi connectivity index (χ4v) is 6.54. The number of halogens is 1. The quantitative estimate of drug-likeness (QED) is 0.405. The van der Waals surface area contributed by atoms with Crippen LogP contribution in [-0.4, -0.2) is 29.8 Å². The maximum atomic E-state index is 12.9. The number of rotatable bonds is 3. The number of carbonyl (C=O) groups is 1. The Morgan fingerprint density at radius 2 is 1.36 bits per heavy atom. The van der Waals surface area contributed by atoms with Gasteiger partial charge in [-0.1, -0.05) is 40.5 Å². The Morgan fingerprint density at radius 1 is 0.727 bits per heavy atom. The average Bonchev–Trinajstić information content (AvgIpc) is 2.83. The average molecular weight is 509 g/mol. The molecule has 2 nitrogen and oxygen atoms in total. The Labute approximate surface area is 208 Å². The molecule has 2 fully saturated rings. The summed E-state index contributed by atoms with van der Waals surface area (Å²) in [6.07, 6.45) is 16.6. The highest BCUT2D eigenvalue weighted by Crippen LogP contribution is 2.31. The van der Waals surface area contributed by atoms with Crippen molar-refractivity contribution in [3.63, 3.8) is 0 Å². The van der Waals surface area contributed by atoms with Gasteiger partial charge in [0.2, 0.25) is 0 Å². The molecular formula is C30H38BrNO. The van der Waals surface area contributed by atoms with Gasteiger partial charge in [-0.25, -0.2) is 0 Å². The minimum absolute atomic E-state index is 0.232. The van der Waals surface area contributed by atoms with Crippen molar-refractivity contribution in [2.24, 2.45) is 5.92 Å². The molecule has 0 aromatic heterocycles. The summed E-state index contributed by atoms with van der Waals surface area (Å²) in [5, 5.41) is 0. The van der Waals surface area contributed by atoms with Gasteiger partial charge in [0.1, 0.15) is 0 Å². The SMILES string of the molecule is Brc1ccc2c(c1)CCCC2.O=C(c1ccc2c(c1)CCCC2)C1CCCN(C2CCC2)C1. The number of hydrogen-bond donors (Lipinski definition) is 0. The Balaban J connectivity index is 0.000000174. The van der Waals surface area contributed by atoms with E-state index in [9.17, 15) is 4.79 Å². The molecule has 1 saturated carbocycles. The first-order valence-corrected chi connectivity index (χ1v) is 14.1. The van der Waals surface area contributed by atoms with E-state index in [0.717, 1.165) is 31.0 Å². The Kier molecular flexibility index (Phi) is 7.67. The number of likely N-dealkylation sites (tertiary alicyclic amines) is 1. The lowest BCUT2D eigenvalue weighted by atomic mass is 9.83. The zero-order valence-electron chi connectivity index (χ0n) is 20.0. The summed E-state index contributed by atoms with van der Waals surface area (Å²) in [6.45, 7) is 2.21. The number of Topliss-reactive ketones (excluding diaryl/α,β-unsaturated/α-hetero) is 1. The summed E-state index contributed by atoms with van der Waals surface area (Å²) in [4.78, 5) is 15.5. The van der Waals surface area contributed by atoms with Gasteiger partial charge >= 0.3 is 0 Å². The Hall–Kier alpha value is -1.45. The molecule has 1 heterocycles. The van der Waals surface area contributed by atoms with Crippen LogP contribution in [0.4, 0.5) is 0 Å². The van der Waals surface area contributed by atoms with Crippen LogP contribution in [0.5, 0.6) is 0 Å². The first kappa shape index (κ1) is 23.3. The van der Waals surface area contributed by atoms with Gasteiger partial charge < -0.3 is 0 Å². The highest BCUT2D eigenvalue weighted by Gasteiger charge is 2.32. The zero-order chi connectivity index (χ0) is 22.6. The van der Waals surface area contributed by atoms with Crippen molar-refractivity contribution in [1.82, 2.24) is 4.90 Å². The van der Waals surface area contributed by atoms with Crippen LogP contribution in [0.3, 0.4) is 0 Å². The van der Waals surface area contributed by atoms with E-state index in [4.69, 9.17) is 0 Å². The summed E-state index contributed by atoms with van der Waals surface area (Å²) in [5.74, 6) is 0.633. The van der Waals surface area contributed by atoms with E-state index in [2.05, 4.69) is 57.2 Å². The summed E-state index contributed by atoms with van der Waals surface area (Å²) in [6, 6.07) is 13.9. The van der Waals surface area contributed by atoms with Crippen LogP contribution in [0.25, 0.3) is 0 Å². The lowest BCUT2D eigenvalue weighted by Crippen LogP contribution is -2.47. The highest BCUT2D eigenvalue weighted by atomic mass is 79.9. The number of ketones is 1. The number of benzene rings is 2. The van der Waals surface area contributed by atoms with Gasteiger partial charge in [0.25, 0.3) is 0 Å². The van der Waals surface area contributed by atoms with Gasteiger partial charge in [0.05, 0.1) is 0 Å². The van der Waals surface area contributed by atoms with Crippen molar-refractivity contribution >= 4 is 21.7 Å². The lowest BCUT2D eigenvalue weighted by Gasteiger charge is -2.42. The minimum Gasteiger partial charge on any atom is -0.300 e. The number of nitrogens with zero attached hydrogens (tertiary/aromatic N) is 1. The van der Waals surface area contributed by atoms with Gasteiger partial charge in [-0.05, 0) is 124 Å². The monoisotopic (exact) mass is 507 g/mol. The molecule has 2 aromatic carbocycles. The van der Waals surface area contributed by atoms with Crippen LogP contribution in [-0.2, 0) is 25.7 Å². The molecular weight excluding hydrogens is 470 g/mol. The van der Waals surface area contributed by atoms with Crippen LogP contribution in [0.1, 0.15) is 90.4 Å². The zero-order valence-corrected chi connectivity index (χ0v) is 21.5. The van der Waals surface area contributed by atoms with Crippen LogP contribution in [0.2, 0.25) is 0 Å². The first-order valence-electron chi connectivity index (χ1n) is 13.3. The van der Waals surface area contributed by atoms with E-state index < -0.39 is 0 Å². The van der Waals surface area contributed by atoms with E-state index in [1.54, 1.807) is 11.1 Å². The van der Waals surface area contributed by atoms with E-state index in [1.807, 2.05) is 0 Å². The van der Waals surface area contributed by atoms with E-state index in [1.165, 1.54) is 92.8 Å². The standard InChI is InChI=1S/C20H27NO.C10H11Br/c22-20(17-11-10-15-5-1-2-6-16(15)13-17)18-7-4-12-21(14-18)19-8-3-9-19;11-10-6-5-8-3-1-2-4-9(8)7-10/h10-11,13,18-19H,1-9,12,14H2;5-7H,1-4H2. The van der Waals surface area contributed by atoms with Gasteiger partial charge in [0, 0.05) is 28.5 Å². The predicted molar refractivity (Wildman–Crippen MR) is 140 cm³/mol. The maximum absolute atomic E-state index is 12.9. The third-order valence-electron chi connectivity index (χ3n) is 8.36. The fourth-order valence-electron chi connectivity index (χ4n) is 6.13. The Bertz CT molecular complexity index is 979. The predicted octanol–water partition coefficient (Wildman–Crippen LogP) is 7.34. The van der Waals surface area contributed by atoms with Gasteiger partial charge in [0.15, 0.2) is 5.78 Å². The normalized spacial score (nSPS) is 22.9. The van der Waals surface area contributed by atoms with Crippen molar-refractivity contribution in [1.29, 1.82) is 0 Å². The second-order valence-corrected chi connectivity index (χ2v) is 11.5. The van der Waals surface area contributed by atoms with Gasteiger partial charge in [-0.2, -0.15) is 0 Å². The number of hydrogen-bond acceptors (Lipinski definition) is 2. The van der Waals surface area contributed by atoms with E-state index in [-0.39, 0.29) is 5.92 Å². The summed E-state index contributed by atoms with van der Waals surface area (Å²) < 4.78 is 1.22. The molecule has 0 amide bonds. The molecule has 176 valence electrons. The number of fused-ring (bicyclic) bond motifs is 2. The van der Waals surface area contributed by atoms with Crippen LogP contribution >= 0.6 is 15.9 Å². The molecule has 1 aliphatic heterocycles. The van der Waals surface area contributed by atoms with Crippen LogP contribution in [0, 0.1) is 5.92 Å². The molecule has 3 heteroatoms. The van der Waals surface area contributed by atoms with Crippen molar-refractivity contribution < 1.29 is 4.79 Å². The minimum atomic E-state index is 0.232. The third kappa shape index (κ3) is 5.62. The smallest absolute Gasteiger partial charge is 0.167 e. The number of piperidine rings is 1. The molecule has 6 rings (SSSR count). The molecule has 1 saturated heterocycles. The summed E-state index contributed by atoms with van der Waals surface area (Å²) in [7, 11) is 0. The van der Waals surface area contributed by atoms with Crippen molar-refractivity contribution in [3.8, 4) is 0 Å². The van der Waals surface area contributed by atoms with Crippen molar-refractivity contribution in [3.05, 3.63) is 68.7 Å². The van der Waals surface area contributed by atoms with Crippen molar-refractivity contribution in [2.45, 2.75) is 89.5 Å². The molecule has 1 unspecified atom stereocenters. The summed E-state index contributed by atoms with van der Waals surface area (Å²) in [5.41, 5.74) is 6.98. The second-order valence-electron chi connectivity index (χ2n) is 10.6. The molecule has 0 spiro atoms. The van der Waals surface area contributed by atoms with Gasteiger partial charge in [-0.3, -0.25) is 9.69 Å². The van der Waals surface area contributed by atoms with E-state index >= 15 is 0 Å². The molecule has 0 bridgehead atoms. The third-order valence-corrected chi connectivity index (χ3v) is 8.85. The number of carbonyl (C=O) groups excluding carboxylic acids is 1. The van der Waals surface area contributed by atoms with E-state index in [0.29, 0.717) is 5.78 Å².